The smallest absolute Gasteiger partial charge is 0.416 e. The third-order valence-corrected chi connectivity index (χ3v) is 7.97. The van der Waals surface area contributed by atoms with Crippen molar-refractivity contribution in [2.75, 3.05) is 19.7 Å². The Hall–Kier alpha value is -3.04. The van der Waals surface area contributed by atoms with Crippen LogP contribution in [0.4, 0.5) is 13.2 Å². The molecule has 0 saturated carbocycles. The van der Waals surface area contributed by atoms with Gasteiger partial charge in [-0.3, -0.25) is 14.4 Å². The highest BCUT2D eigenvalue weighted by atomic mass is 35.5. The number of halogens is 5. The van der Waals surface area contributed by atoms with E-state index in [4.69, 9.17) is 27.9 Å². The zero-order chi connectivity index (χ0) is 28.8. The Morgan fingerprint density at radius 3 is 2.44 bits per heavy atom. The van der Waals surface area contributed by atoms with Crippen LogP contribution in [0.25, 0.3) is 10.9 Å². The van der Waals surface area contributed by atoms with Gasteiger partial charge >= 0.3 is 12.1 Å². The minimum Gasteiger partial charge on any atom is -0.466 e. The number of alkyl halides is 3. The maximum Gasteiger partial charge on any atom is 0.416 e. The molecule has 1 saturated heterocycles. The number of rotatable bonds is 5. The Labute approximate surface area is 233 Å². The van der Waals surface area contributed by atoms with Crippen LogP contribution in [0.3, 0.4) is 0 Å². The third-order valence-electron chi connectivity index (χ3n) is 7.26. The molecule has 6 nitrogen and oxygen atoms in total. The Balaban J connectivity index is 1.68. The molecule has 2 aromatic carbocycles. The summed E-state index contributed by atoms with van der Waals surface area (Å²) in [5, 5.41) is 0.344. The fourth-order valence-electron chi connectivity index (χ4n) is 5.14. The molecule has 39 heavy (non-hydrogen) atoms. The number of hydrogen-bond acceptors (Lipinski definition) is 4. The minimum absolute atomic E-state index is 0.00824. The number of aryl methyl sites for hydroxylation is 2. The average molecular weight is 583 g/mol. The van der Waals surface area contributed by atoms with Crippen LogP contribution in [-0.4, -0.2) is 46.8 Å². The molecule has 1 aliphatic heterocycles. The lowest BCUT2D eigenvalue weighted by atomic mass is 9.86. The summed E-state index contributed by atoms with van der Waals surface area (Å²) in [7, 11) is 1.49. The number of hydrogen-bond donors (Lipinski definition) is 0. The van der Waals surface area contributed by atoms with Gasteiger partial charge in [-0.15, -0.1) is 0 Å². The first-order valence-corrected chi connectivity index (χ1v) is 13.2. The normalized spacial score (nSPS) is 17.9. The van der Waals surface area contributed by atoms with Crippen LogP contribution in [0.5, 0.6) is 0 Å². The van der Waals surface area contributed by atoms with Crippen molar-refractivity contribution in [2.24, 2.45) is 18.9 Å². The lowest BCUT2D eigenvalue weighted by Crippen LogP contribution is -2.45. The van der Waals surface area contributed by atoms with Gasteiger partial charge in [0.05, 0.1) is 45.0 Å². The molecule has 1 aliphatic rings. The van der Waals surface area contributed by atoms with Crippen molar-refractivity contribution in [1.82, 2.24) is 9.47 Å². The number of piperidine rings is 1. The molecular formula is C28H27Cl2F3N2O4. The van der Waals surface area contributed by atoms with Crippen molar-refractivity contribution < 1.29 is 32.3 Å². The Morgan fingerprint density at radius 1 is 1.13 bits per heavy atom. The molecule has 208 valence electrons. The molecule has 0 N–H and O–H groups in total. The van der Waals surface area contributed by atoms with Crippen molar-refractivity contribution >= 4 is 51.8 Å². The molecular weight excluding hydrogens is 556 g/mol. The molecule has 0 aliphatic carbocycles. The monoisotopic (exact) mass is 582 g/mol. The number of likely N-dealkylation sites (tertiary alicyclic amines) is 1. The standard InChI is InChI=1S/C28H27Cl2F3N2O4/c1-5-39-27(38)17-8-9-35(13-15(17)3)26(37)18-6-7-20(29)23(24(18)30)25(36)22-12-19-14(2)10-16(28(31,32)33)11-21(19)34(22)4/h6-7,10-12,15,17H,5,8-9,13H2,1-4H3/t15-,17+/m1/s1. The number of benzene rings is 2. The molecule has 1 fully saturated rings. The topological polar surface area (TPSA) is 68.6 Å². The number of carbonyl (C=O) groups excluding carboxylic acids is 3. The molecule has 0 radical (unpaired) electrons. The highest BCUT2D eigenvalue weighted by Crippen LogP contribution is 2.37. The van der Waals surface area contributed by atoms with E-state index in [9.17, 15) is 27.6 Å². The largest absolute Gasteiger partial charge is 0.466 e. The second-order valence-electron chi connectivity index (χ2n) is 9.80. The first-order valence-electron chi connectivity index (χ1n) is 12.4. The Kier molecular flexibility index (Phi) is 8.06. The number of ether oxygens (including phenoxy) is 1. The number of esters is 1. The van der Waals surface area contributed by atoms with Gasteiger partial charge in [0.1, 0.15) is 0 Å². The second-order valence-corrected chi connectivity index (χ2v) is 10.6. The summed E-state index contributed by atoms with van der Waals surface area (Å²) in [6.07, 6.45) is -4.12. The van der Waals surface area contributed by atoms with Crippen LogP contribution < -0.4 is 0 Å². The van der Waals surface area contributed by atoms with Gasteiger partial charge in [-0.05, 0) is 62.1 Å². The second kappa shape index (κ2) is 10.8. The van der Waals surface area contributed by atoms with Crippen LogP contribution in [0.1, 0.15) is 57.8 Å². The van der Waals surface area contributed by atoms with Crippen molar-refractivity contribution in [2.45, 2.75) is 33.4 Å². The van der Waals surface area contributed by atoms with Crippen molar-refractivity contribution in [1.29, 1.82) is 0 Å². The summed E-state index contributed by atoms with van der Waals surface area (Å²) in [5.41, 5.74) is -0.208. The minimum atomic E-state index is -4.54. The molecule has 2 atom stereocenters. The number of ketones is 1. The van der Waals surface area contributed by atoms with E-state index in [1.54, 1.807) is 11.8 Å². The number of fused-ring (bicyclic) bond motifs is 1. The molecule has 1 amide bonds. The summed E-state index contributed by atoms with van der Waals surface area (Å²) in [4.78, 5) is 40.9. The van der Waals surface area contributed by atoms with Crippen LogP contribution in [0.15, 0.2) is 30.3 Å². The number of nitrogens with zero attached hydrogens (tertiary/aromatic N) is 2. The fraction of sp³-hybridized carbons (Fsp3) is 0.393. The van der Waals surface area contributed by atoms with Crippen LogP contribution in [-0.2, 0) is 22.8 Å². The lowest BCUT2D eigenvalue weighted by Gasteiger charge is -2.36. The molecule has 3 aromatic rings. The SMILES string of the molecule is CCOC(=O)[C@H]1CCN(C(=O)c2ccc(Cl)c(C(=O)c3cc4c(C)cc(C(F)(F)F)cc4n3C)c2Cl)C[C@H]1C. The van der Waals surface area contributed by atoms with Gasteiger partial charge in [0.25, 0.3) is 5.91 Å². The van der Waals surface area contributed by atoms with Crippen molar-refractivity contribution in [3.63, 3.8) is 0 Å². The Morgan fingerprint density at radius 2 is 1.82 bits per heavy atom. The van der Waals surface area contributed by atoms with E-state index in [1.807, 2.05) is 6.92 Å². The molecule has 4 rings (SSSR count). The highest BCUT2D eigenvalue weighted by molar-refractivity contribution is 6.42. The zero-order valence-corrected chi connectivity index (χ0v) is 23.3. The van der Waals surface area contributed by atoms with Crippen molar-refractivity contribution in [3.8, 4) is 0 Å². The molecule has 0 spiro atoms. The van der Waals surface area contributed by atoms with Crippen LogP contribution in [0.2, 0.25) is 10.0 Å². The van der Waals surface area contributed by atoms with Gasteiger partial charge in [-0.25, -0.2) is 0 Å². The summed E-state index contributed by atoms with van der Waals surface area (Å²) < 4.78 is 46.7. The number of amides is 1. The van der Waals surface area contributed by atoms with Gasteiger partial charge in [0, 0.05) is 31.0 Å². The molecule has 2 heterocycles. The van der Waals surface area contributed by atoms with E-state index in [-0.39, 0.29) is 56.8 Å². The van der Waals surface area contributed by atoms with Gasteiger partial charge in [-0.2, -0.15) is 13.2 Å². The van der Waals surface area contributed by atoms with E-state index < -0.39 is 23.4 Å². The molecule has 0 unspecified atom stereocenters. The quantitative estimate of drug-likeness (QED) is 0.248. The predicted octanol–water partition coefficient (Wildman–Crippen LogP) is 6.70. The first kappa shape index (κ1) is 29.0. The fourth-order valence-corrected chi connectivity index (χ4v) is 5.77. The maximum atomic E-state index is 13.7. The first-order chi connectivity index (χ1) is 18.3. The number of carbonyl (C=O) groups is 3. The van der Waals surface area contributed by atoms with E-state index >= 15 is 0 Å². The molecule has 1 aromatic heterocycles. The highest BCUT2D eigenvalue weighted by Gasteiger charge is 2.36. The van der Waals surface area contributed by atoms with E-state index in [1.165, 1.54) is 36.7 Å². The molecule has 11 heteroatoms. The average Bonchev–Trinajstić information content (AvgIpc) is 3.20. The summed E-state index contributed by atoms with van der Waals surface area (Å²) in [5.74, 6) is -1.79. The number of aromatic nitrogens is 1. The van der Waals surface area contributed by atoms with E-state index in [0.717, 1.165) is 12.1 Å². The predicted molar refractivity (Wildman–Crippen MR) is 142 cm³/mol. The summed E-state index contributed by atoms with van der Waals surface area (Å²) >= 11 is 13.0. The zero-order valence-electron chi connectivity index (χ0n) is 21.8. The lowest BCUT2D eigenvalue weighted by molar-refractivity contribution is -0.151. The summed E-state index contributed by atoms with van der Waals surface area (Å²) in [6.45, 7) is 6.03. The third kappa shape index (κ3) is 5.39. The Bertz CT molecular complexity index is 1480. The summed E-state index contributed by atoms with van der Waals surface area (Å²) in [6, 6.07) is 6.35. The van der Waals surface area contributed by atoms with E-state index in [0.29, 0.717) is 30.5 Å². The van der Waals surface area contributed by atoms with Gasteiger partial charge in [0.2, 0.25) is 5.78 Å². The van der Waals surface area contributed by atoms with Crippen molar-refractivity contribution in [3.05, 3.63) is 68.3 Å². The van der Waals surface area contributed by atoms with E-state index in [2.05, 4.69) is 0 Å². The van der Waals surface area contributed by atoms with Crippen LogP contribution in [0, 0.1) is 18.8 Å². The van der Waals surface area contributed by atoms with Gasteiger partial charge in [-0.1, -0.05) is 30.1 Å². The van der Waals surface area contributed by atoms with Gasteiger partial charge in [0.15, 0.2) is 0 Å². The van der Waals surface area contributed by atoms with Gasteiger partial charge < -0.3 is 14.2 Å². The maximum absolute atomic E-state index is 13.7. The van der Waals surface area contributed by atoms with Crippen LogP contribution >= 0.6 is 23.2 Å². The molecule has 0 bridgehead atoms.